The molecule has 0 saturated carbocycles. The second-order valence-corrected chi connectivity index (χ2v) is 6.16. The van der Waals surface area contributed by atoms with Crippen LogP contribution in [0.2, 0.25) is 0 Å². The third kappa shape index (κ3) is 4.78. The molecule has 21 heavy (non-hydrogen) atoms. The van der Waals surface area contributed by atoms with Crippen molar-refractivity contribution in [3.05, 3.63) is 52.4 Å². The zero-order valence-corrected chi connectivity index (χ0v) is 14.0. The van der Waals surface area contributed by atoms with E-state index in [-0.39, 0.29) is 5.82 Å². The molecule has 0 saturated heterocycles. The van der Waals surface area contributed by atoms with Gasteiger partial charge < -0.3 is 10.1 Å². The molecule has 0 aliphatic heterocycles. The average Bonchev–Trinajstić information content (AvgIpc) is 2.48. The molecule has 2 rings (SSSR count). The average molecular weight is 371 g/mol. The quantitative estimate of drug-likeness (QED) is 0.750. The molecule has 2 aromatic rings. The predicted molar refractivity (Wildman–Crippen MR) is 86.0 cm³/mol. The van der Waals surface area contributed by atoms with Crippen LogP contribution in [0, 0.1) is 5.82 Å². The van der Waals surface area contributed by atoms with Crippen LogP contribution in [-0.2, 0) is 11.3 Å². The SMILES string of the molecule is COCCNCc1c(F)cccc1Sc1ncccc1Br. The standard InChI is InChI=1S/C15H16BrFN2OS/c1-20-9-8-18-10-11-13(17)5-2-6-14(11)21-15-12(16)4-3-7-19-15/h2-7,18H,8-10H2,1H3. The first kappa shape index (κ1) is 16.4. The number of halogens is 2. The summed E-state index contributed by atoms with van der Waals surface area (Å²) in [5.74, 6) is -0.211. The zero-order chi connectivity index (χ0) is 15.1. The Bertz CT molecular complexity index is 598. The fraction of sp³-hybridized carbons (Fsp3) is 0.267. The van der Waals surface area contributed by atoms with E-state index in [0.717, 1.165) is 14.4 Å². The highest BCUT2D eigenvalue weighted by atomic mass is 79.9. The van der Waals surface area contributed by atoms with Crippen molar-refractivity contribution in [3.63, 3.8) is 0 Å². The van der Waals surface area contributed by atoms with Gasteiger partial charge in [-0.05, 0) is 40.2 Å². The van der Waals surface area contributed by atoms with Crippen molar-refractivity contribution >= 4 is 27.7 Å². The first-order chi connectivity index (χ1) is 10.2. The Labute approximate surface area is 136 Å². The van der Waals surface area contributed by atoms with Crippen LogP contribution in [0.1, 0.15) is 5.56 Å². The van der Waals surface area contributed by atoms with Gasteiger partial charge in [-0.3, -0.25) is 0 Å². The summed E-state index contributed by atoms with van der Waals surface area (Å²) >= 11 is 4.91. The largest absolute Gasteiger partial charge is 0.383 e. The molecule has 0 radical (unpaired) electrons. The highest BCUT2D eigenvalue weighted by Gasteiger charge is 2.11. The highest BCUT2D eigenvalue weighted by molar-refractivity contribution is 9.10. The molecular weight excluding hydrogens is 355 g/mol. The van der Waals surface area contributed by atoms with Gasteiger partial charge in [-0.1, -0.05) is 17.8 Å². The van der Waals surface area contributed by atoms with Gasteiger partial charge in [0.25, 0.3) is 0 Å². The van der Waals surface area contributed by atoms with Crippen molar-refractivity contribution in [2.75, 3.05) is 20.3 Å². The summed E-state index contributed by atoms with van der Waals surface area (Å²) in [7, 11) is 1.64. The molecule has 0 bridgehead atoms. The summed E-state index contributed by atoms with van der Waals surface area (Å²) in [4.78, 5) is 5.17. The van der Waals surface area contributed by atoms with E-state index in [9.17, 15) is 4.39 Å². The number of rotatable bonds is 7. The minimum absolute atomic E-state index is 0.211. The maximum Gasteiger partial charge on any atom is 0.128 e. The van der Waals surface area contributed by atoms with Crippen LogP contribution in [-0.4, -0.2) is 25.2 Å². The van der Waals surface area contributed by atoms with E-state index < -0.39 is 0 Å². The van der Waals surface area contributed by atoms with Crippen molar-refractivity contribution in [1.29, 1.82) is 0 Å². The Hall–Kier alpha value is -0.950. The molecule has 0 unspecified atom stereocenters. The summed E-state index contributed by atoms with van der Waals surface area (Å²) in [5, 5.41) is 3.99. The summed E-state index contributed by atoms with van der Waals surface area (Å²) in [6.07, 6.45) is 1.73. The fourth-order valence-corrected chi connectivity index (χ4v) is 3.17. The number of aromatic nitrogens is 1. The van der Waals surface area contributed by atoms with Crippen molar-refractivity contribution < 1.29 is 9.13 Å². The lowest BCUT2D eigenvalue weighted by atomic mass is 10.2. The van der Waals surface area contributed by atoms with E-state index in [1.807, 2.05) is 18.2 Å². The number of methoxy groups -OCH3 is 1. The van der Waals surface area contributed by atoms with Gasteiger partial charge in [0.15, 0.2) is 0 Å². The van der Waals surface area contributed by atoms with Crippen LogP contribution in [0.4, 0.5) is 4.39 Å². The second-order valence-electron chi connectivity index (χ2n) is 4.28. The summed E-state index contributed by atoms with van der Waals surface area (Å²) in [5.41, 5.74) is 0.649. The van der Waals surface area contributed by atoms with E-state index in [0.29, 0.717) is 25.3 Å². The summed E-state index contributed by atoms with van der Waals surface area (Å²) in [6, 6.07) is 8.87. The minimum atomic E-state index is -0.211. The number of benzene rings is 1. The number of nitrogens with zero attached hydrogens (tertiary/aromatic N) is 1. The van der Waals surface area contributed by atoms with Gasteiger partial charge >= 0.3 is 0 Å². The van der Waals surface area contributed by atoms with Crippen molar-refractivity contribution in [2.45, 2.75) is 16.5 Å². The van der Waals surface area contributed by atoms with Crippen LogP contribution in [0.3, 0.4) is 0 Å². The van der Waals surface area contributed by atoms with Gasteiger partial charge in [-0.25, -0.2) is 9.37 Å². The lowest BCUT2D eigenvalue weighted by molar-refractivity contribution is 0.199. The van der Waals surface area contributed by atoms with E-state index in [1.165, 1.54) is 17.8 Å². The molecule has 0 aliphatic carbocycles. The molecule has 0 fully saturated rings. The normalized spacial score (nSPS) is 10.8. The molecule has 0 spiro atoms. The van der Waals surface area contributed by atoms with Crippen molar-refractivity contribution in [1.82, 2.24) is 10.3 Å². The molecule has 0 aliphatic rings. The van der Waals surface area contributed by atoms with Crippen LogP contribution < -0.4 is 5.32 Å². The van der Waals surface area contributed by atoms with E-state index >= 15 is 0 Å². The first-order valence-electron chi connectivity index (χ1n) is 6.47. The monoisotopic (exact) mass is 370 g/mol. The number of hydrogen-bond acceptors (Lipinski definition) is 4. The Morgan fingerprint density at radius 3 is 2.95 bits per heavy atom. The number of hydrogen-bond donors (Lipinski definition) is 1. The Morgan fingerprint density at radius 1 is 1.33 bits per heavy atom. The van der Waals surface area contributed by atoms with Gasteiger partial charge in [0.1, 0.15) is 10.8 Å². The Balaban J connectivity index is 2.15. The van der Waals surface area contributed by atoms with E-state index in [1.54, 1.807) is 19.4 Å². The van der Waals surface area contributed by atoms with Crippen molar-refractivity contribution in [2.24, 2.45) is 0 Å². The number of nitrogens with one attached hydrogen (secondary N) is 1. The molecule has 1 N–H and O–H groups in total. The first-order valence-corrected chi connectivity index (χ1v) is 8.08. The third-order valence-corrected chi connectivity index (χ3v) is 4.82. The van der Waals surface area contributed by atoms with Gasteiger partial charge in [0.2, 0.25) is 0 Å². The summed E-state index contributed by atoms with van der Waals surface area (Å²) in [6.45, 7) is 1.74. The van der Waals surface area contributed by atoms with Crippen molar-refractivity contribution in [3.8, 4) is 0 Å². The lowest BCUT2D eigenvalue weighted by Gasteiger charge is -2.11. The molecule has 0 atom stereocenters. The predicted octanol–water partition coefficient (Wildman–Crippen LogP) is 3.87. The molecule has 1 heterocycles. The maximum absolute atomic E-state index is 14.0. The molecule has 3 nitrogen and oxygen atoms in total. The third-order valence-electron chi connectivity index (χ3n) is 2.79. The summed E-state index contributed by atoms with van der Waals surface area (Å²) < 4.78 is 19.9. The molecule has 1 aromatic heterocycles. The molecule has 0 amide bonds. The van der Waals surface area contributed by atoms with Crippen LogP contribution in [0.25, 0.3) is 0 Å². The van der Waals surface area contributed by atoms with Crippen LogP contribution in [0.15, 0.2) is 50.9 Å². The van der Waals surface area contributed by atoms with Crippen LogP contribution in [0.5, 0.6) is 0 Å². The number of ether oxygens (including phenoxy) is 1. The molecule has 1 aromatic carbocycles. The zero-order valence-electron chi connectivity index (χ0n) is 11.6. The van der Waals surface area contributed by atoms with Crippen LogP contribution >= 0.6 is 27.7 Å². The second kappa shape index (κ2) is 8.48. The number of pyridine rings is 1. The highest BCUT2D eigenvalue weighted by Crippen LogP contribution is 2.34. The topological polar surface area (TPSA) is 34.1 Å². The Kier molecular flexibility index (Phi) is 6.63. The smallest absolute Gasteiger partial charge is 0.128 e. The van der Waals surface area contributed by atoms with Gasteiger partial charge in [0.05, 0.1) is 11.1 Å². The Morgan fingerprint density at radius 2 is 2.19 bits per heavy atom. The molecule has 112 valence electrons. The molecule has 6 heteroatoms. The van der Waals surface area contributed by atoms with Gasteiger partial charge in [-0.2, -0.15) is 0 Å². The lowest BCUT2D eigenvalue weighted by Crippen LogP contribution is -2.19. The van der Waals surface area contributed by atoms with Gasteiger partial charge in [0, 0.05) is 36.9 Å². The maximum atomic E-state index is 14.0. The molecular formula is C15H16BrFN2OS. The van der Waals surface area contributed by atoms with E-state index in [4.69, 9.17) is 4.74 Å². The van der Waals surface area contributed by atoms with Gasteiger partial charge in [-0.15, -0.1) is 0 Å². The minimum Gasteiger partial charge on any atom is -0.383 e. The fourth-order valence-electron chi connectivity index (χ4n) is 1.74. The van der Waals surface area contributed by atoms with E-state index in [2.05, 4.69) is 26.2 Å².